The van der Waals surface area contributed by atoms with E-state index in [1.54, 1.807) is 0 Å². The Balaban J connectivity index is 1.61. The summed E-state index contributed by atoms with van der Waals surface area (Å²) in [6.45, 7) is 2.39. The summed E-state index contributed by atoms with van der Waals surface area (Å²) in [6.07, 6.45) is 5.16. The highest BCUT2D eigenvalue weighted by Crippen LogP contribution is 2.28. The number of hydrogen-bond donors (Lipinski definition) is 1. The predicted octanol–water partition coefficient (Wildman–Crippen LogP) is 3.06. The molecule has 1 aromatic rings. The number of sulfonamides is 1. The lowest BCUT2D eigenvalue weighted by Gasteiger charge is -2.34. The van der Waals surface area contributed by atoms with Crippen LogP contribution in [0.5, 0.6) is 0 Å². The normalized spacial score (nSPS) is 25.3. The van der Waals surface area contributed by atoms with Crippen LogP contribution < -0.4 is 5.32 Å². The number of carbonyl (C=O) groups is 1. The van der Waals surface area contributed by atoms with Crippen LogP contribution in [-0.2, 0) is 14.8 Å². The lowest BCUT2D eigenvalue weighted by molar-refractivity contribution is -0.127. The van der Waals surface area contributed by atoms with Crippen molar-refractivity contribution in [3.63, 3.8) is 0 Å². The number of piperidine rings is 1. The average Bonchev–Trinajstić information content (AvgIpc) is 2.65. The molecule has 2 aliphatic rings. The monoisotopic (exact) mass is 400 g/mol. The molecule has 1 saturated carbocycles. The number of rotatable bonds is 4. The van der Waals surface area contributed by atoms with Crippen LogP contribution in [0, 0.1) is 23.5 Å². The van der Waals surface area contributed by atoms with E-state index >= 15 is 0 Å². The zero-order valence-corrected chi connectivity index (χ0v) is 16.3. The summed E-state index contributed by atoms with van der Waals surface area (Å²) in [7, 11) is -4.11. The smallest absolute Gasteiger partial charge is 0.246 e. The van der Waals surface area contributed by atoms with Crippen LogP contribution >= 0.6 is 0 Å². The molecule has 2 atom stereocenters. The van der Waals surface area contributed by atoms with Crippen molar-refractivity contribution in [2.75, 3.05) is 13.1 Å². The Hall–Kier alpha value is -1.54. The van der Waals surface area contributed by atoms with E-state index in [4.69, 9.17) is 0 Å². The molecular formula is C19H26F2N2O3S. The van der Waals surface area contributed by atoms with Crippen LogP contribution in [-0.4, -0.2) is 37.8 Å². The Morgan fingerprint density at radius 3 is 2.44 bits per heavy atom. The van der Waals surface area contributed by atoms with Gasteiger partial charge in [0.25, 0.3) is 0 Å². The van der Waals surface area contributed by atoms with Gasteiger partial charge in [0.1, 0.15) is 16.5 Å². The summed E-state index contributed by atoms with van der Waals surface area (Å²) in [4.78, 5) is 11.9. The first-order valence-electron chi connectivity index (χ1n) is 9.54. The molecule has 150 valence electrons. The minimum absolute atomic E-state index is 0.0252. The van der Waals surface area contributed by atoms with Crippen molar-refractivity contribution in [3.05, 3.63) is 29.8 Å². The van der Waals surface area contributed by atoms with Gasteiger partial charge in [-0.2, -0.15) is 4.31 Å². The number of halogens is 2. The number of nitrogens with zero attached hydrogens (tertiary/aromatic N) is 1. The Labute approximate surface area is 159 Å². The summed E-state index contributed by atoms with van der Waals surface area (Å²) < 4.78 is 53.6. The van der Waals surface area contributed by atoms with Crippen molar-refractivity contribution < 1.29 is 22.0 Å². The SMILES string of the molecule is CC1CCCCC1NC(=O)C1CCN(S(=O)(=O)c2cc(F)ccc2F)CC1. The van der Waals surface area contributed by atoms with E-state index in [1.807, 2.05) is 0 Å². The fourth-order valence-electron chi connectivity index (χ4n) is 4.00. The summed E-state index contributed by atoms with van der Waals surface area (Å²) >= 11 is 0. The van der Waals surface area contributed by atoms with E-state index < -0.39 is 26.6 Å². The maximum atomic E-state index is 13.9. The Kier molecular flexibility index (Phi) is 6.15. The zero-order chi connectivity index (χ0) is 19.6. The molecular weight excluding hydrogens is 374 g/mol. The van der Waals surface area contributed by atoms with E-state index in [9.17, 15) is 22.0 Å². The van der Waals surface area contributed by atoms with Crippen molar-refractivity contribution in [1.29, 1.82) is 0 Å². The molecule has 1 aromatic carbocycles. The Bertz CT molecular complexity index is 792. The standard InChI is InChI=1S/C19H26F2N2O3S/c1-13-4-2-3-5-17(13)22-19(24)14-8-10-23(11-9-14)27(25,26)18-12-15(20)6-7-16(18)21/h6-7,12-14,17H,2-5,8-11H2,1H3,(H,22,24). The van der Waals surface area contributed by atoms with Gasteiger partial charge in [0.15, 0.2) is 0 Å². The predicted molar refractivity (Wildman–Crippen MR) is 97.4 cm³/mol. The van der Waals surface area contributed by atoms with Crippen LogP contribution in [0.25, 0.3) is 0 Å². The Morgan fingerprint density at radius 1 is 1.11 bits per heavy atom. The van der Waals surface area contributed by atoms with Gasteiger partial charge in [-0.25, -0.2) is 17.2 Å². The second-order valence-corrected chi connectivity index (χ2v) is 9.54. The third kappa shape index (κ3) is 4.48. The first-order chi connectivity index (χ1) is 12.8. The topological polar surface area (TPSA) is 66.5 Å². The summed E-state index contributed by atoms with van der Waals surface area (Å²) in [5.41, 5.74) is 0. The third-order valence-corrected chi connectivity index (χ3v) is 7.69. The van der Waals surface area contributed by atoms with Crippen LogP contribution in [0.4, 0.5) is 8.78 Å². The maximum Gasteiger partial charge on any atom is 0.246 e. The fraction of sp³-hybridized carbons (Fsp3) is 0.632. The highest BCUT2D eigenvalue weighted by atomic mass is 32.2. The minimum Gasteiger partial charge on any atom is -0.353 e. The first kappa shape index (κ1) is 20.2. The van der Waals surface area contributed by atoms with Gasteiger partial charge in [0.2, 0.25) is 15.9 Å². The van der Waals surface area contributed by atoms with Crippen molar-refractivity contribution in [2.45, 2.75) is 56.4 Å². The van der Waals surface area contributed by atoms with Gasteiger partial charge in [-0.1, -0.05) is 19.8 Å². The number of amides is 1. The quantitative estimate of drug-likeness (QED) is 0.845. The van der Waals surface area contributed by atoms with Gasteiger partial charge in [0, 0.05) is 25.0 Å². The van der Waals surface area contributed by atoms with E-state index in [-0.39, 0.29) is 31.0 Å². The van der Waals surface area contributed by atoms with E-state index in [0.29, 0.717) is 24.8 Å². The second kappa shape index (κ2) is 8.22. The van der Waals surface area contributed by atoms with Crippen LogP contribution in [0.3, 0.4) is 0 Å². The molecule has 1 aliphatic carbocycles. The highest BCUT2D eigenvalue weighted by molar-refractivity contribution is 7.89. The fourth-order valence-corrected chi connectivity index (χ4v) is 5.55. The second-order valence-electron chi connectivity index (χ2n) is 7.63. The van der Waals surface area contributed by atoms with Gasteiger partial charge >= 0.3 is 0 Å². The van der Waals surface area contributed by atoms with E-state index in [0.717, 1.165) is 35.7 Å². The number of nitrogens with one attached hydrogen (secondary N) is 1. The molecule has 1 saturated heterocycles. The Morgan fingerprint density at radius 2 is 1.78 bits per heavy atom. The largest absolute Gasteiger partial charge is 0.353 e. The molecule has 0 spiro atoms. The molecule has 8 heteroatoms. The van der Waals surface area contributed by atoms with Gasteiger partial charge in [-0.3, -0.25) is 4.79 Å². The molecule has 1 amide bonds. The van der Waals surface area contributed by atoms with Crippen molar-refractivity contribution in [2.24, 2.45) is 11.8 Å². The number of hydrogen-bond acceptors (Lipinski definition) is 3. The average molecular weight is 400 g/mol. The molecule has 1 heterocycles. The molecule has 0 radical (unpaired) electrons. The molecule has 0 aromatic heterocycles. The van der Waals surface area contributed by atoms with Crippen molar-refractivity contribution in [3.8, 4) is 0 Å². The van der Waals surface area contributed by atoms with Gasteiger partial charge in [-0.05, 0) is 49.8 Å². The number of benzene rings is 1. The number of carbonyl (C=O) groups excluding carboxylic acids is 1. The lowest BCUT2D eigenvalue weighted by atomic mass is 9.85. The lowest BCUT2D eigenvalue weighted by Crippen LogP contribution is -2.47. The molecule has 1 aliphatic heterocycles. The summed E-state index contributed by atoms with van der Waals surface area (Å²) in [6, 6.07) is 2.59. The molecule has 2 fully saturated rings. The molecule has 27 heavy (non-hydrogen) atoms. The van der Waals surface area contributed by atoms with Crippen molar-refractivity contribution in [1.82, 2.24) is 9.62 Å². The highest BCUT2D eigenvalue weighted by Gasteiger charge is 2.34. The van der Waals surface area contributed by atoms with Crippen LogP contribution in [0.2, 0.25) is 0 Å². The molecule has 2 unspecified atom stereocenters. The van der Waals surface area contributed by atoms with Crippen LogP contribution in [0.1, 0.15) is 45.4 Å². The molecule has 3 rings (SSSR count). The van der Waals surface area contributed by atoms with E-state index in [2.05, 4.69) is 12.2 Å². The van der Waals surface area contributed by atoms with Crippen LogP contribution in [0.15, 0.2) is 23.1 Å². The zero-order valence-electron chi connectivity index (χ0n) is 15.5. The molecule has 0 bridgehead atoms. The summed E-state index contributed by atoms with van der Waals surface area (Å²) in [5, 5.41) is 3.12. The van der Waals surface area contributed by atoms with Gasteiger partial charge in [-0.15, -0.1) is 0 Å². The molecule has 5 nitrogen and oxygen atoms in total. The molecule has 1 N–H and O–H groups in total. The maximum absolute atomic E-state index is 13.9. The first-order valence-corrected chi connectivity index (χ1v) is 11.0. The van der Waals surface area contributed by atoms with Crippen molar-refractivity contribution >= 4 is 15.9 Å². The minimum atomic E-state index is -4.11. The summed E-state index contributed by atoms with van der Waals surface area (Å²) in [5.74, 6) is -1.59. The van der Waals surface area contributed by atoms with Gasteiger partial charge < -0.3 is 5.32 Å². The van der Waals surface area contributed by atoms with Gasteiger partial charge in [0.05, 0.1) is 0 Å². The van der Waals surface area contributed by atoms with E-state index in [1.165, 1.54) is 6.42 Å². The third-order valence-electron chi connectivity index (χ3n) is 5.77.